The number of fused-ring (bicyclic) bond motifs is 1. The van der Waals surface area contributed by atoms with Crippen LogP contribution in [-0.4, -0.2) is 80.4 Å². The molecular weight excluding hydrogens is 482 g/mol. The number of hydrogen-bond donors (Lipinski definition) is 3. The number of nitrogens with zero attached hydrogens (tertiary/aromatic N) is 3. The molecule has 0 saturated carbocycles. The van der Waals surface area contributed by atoms with Crippen LogP contribution in [0.25, 0.3) is 11.3 Å². The number of phenolic OH excluding ortho intramolecular Hbond substituents is 2. The fraction of sp³-hybridized carbons (Fsp3) is 0.316. The van der Waals surface area contributed by atoms with Gasteiger partial charge in [-0.3, -0.25) is 14.6 Å². The van der Waals surface area contributed by atoms with E-state index in [2.05, 4.69) is 10.1 Å². The zero-order valence-electron chi connectivity index (χ0n) is 16.8. The van der Waals surface area contributed by atoms with E-state index >= 15 is 0 Å². The van der Waals surface area contributed by atoms with Crippen molar-refractivity contribution in [3.63, 3.8) is 0 Å². The fourth-order valence-corrected chi connectivity index (χ4v) is 6.37. The molecule has 12 nitrogen and oxygen atoms in total. The van der Waals surface area contributed by atoms with Gasteiger partial charge in [-0.25, -0.2) is 13.2 Å². The van der Waals surface area contributed by atoms with Gasteiger partial charge in [0.15, 0.2) is 27.4 Å². The lowest BCUT2D eigenvalue weighted by Gasteiger charge is -2.35. The maximum Gasteiger partial charge on any atom is 0.328 e. The number of β-lactam (4-membered cyclic amide) rings is 1. The number of halogens is 1. The number of benzene rings is 1. The zero-order chi connectivity index (χ0) is 24.3. The molecule has 0 bridgehead atoms. The monoisotopic (exact) mass is 497 g/mol. The van der Waals surface area contributed by atoms with E-state index in [4.69, 9.17) is 16.1 Å². The SMILES string of the molecule is C[C@]1(C=NCC(=O)c2cc(-c3ccc(O)c(O)c3Cl)no2)[C@H](C(=O)O)N2C(=O)C[C@H]2S1(=O)=O. The topological polar surface area (TPSA) is 188 Å². The summed E-state index contributed by atoms with van der Waals surface area (Å²) < 4.78 is 28.6. The molecule has 33 heavy (non-hydrogen) atoms. The second-order valence-electron chi connectivity index (χ2n) is 7.69. The van der Waals surface area contributed by atoms with E-state index in [-0.39, 0.29) is 28.5 Å². The van der Waals surface area contributed by atoms with E-state index in [0.717, 1.165) is 18.0 Å². The van der Waals surface area contributed by atoms with Crippen LogP contribution < -0.4 is 0 Å². The van der Waals surface area contributed by atoms with Gasteiger partial charge in [0.05, 0.1) is 11.4 Å². The molecule has 2 aliphatic heterocycles. The number of ketones is 1. The molecule has 0 radical (unpaired) electrons. The molecular formula is C19H16ClN3O9S. The van der Waals surface area contributed by atoms with Crippen molar-refractivity contribution < 1.29 is 42.6 Å². The number of aromatic hydroxyl groups is 2. The summed E-state index contributed by atoms with van der Waals surface area (Å²) in [7, 11) is -4.09. The lowest BCUT2D eigenvalue weighted by molar-refractivity contribution is -0.156. The summed E-state index contributed by atoms with van der Waals surface area (Å²) in [6.07, 6.45) is 0.571. The highest BCUT2D eigenvalue weighted by atomic mass is 35.5. The molecule has 14 heteroatoms. The molecule has 0 spiro atoms. The number of phenols is 2. The summed E-state index contributed by atoms with van der Waals surface area (Å²) >= 11 is 5.97. The lowest BCUT2D eigenvalue weighted by Crippen LogP contribution is -2.57. The van der Waals surface area contributed by atoms with Crippen LogP contribution in [0.4, 0.5) is 0 Å². The van der Waals surface area contributed by atoms with Crippen LogP contribution >= 0.6 is 11.6 Å². The third kappa shape index (κ3) is 3.26. The van der Waals surface area contributed by atoms with E-state index in [1.807, 2.05) is 0 Å². The predicted octanol–water partition coefficient (Wildman–Crippen LogP) is 0.858. The van der Waals surface area contributed by atoms with E-state index in [9.17, 15) is 38.1 Å². The first-order valence-corrected chi connectivity index (χ1v) is 11.3. The van der Waals surface area contributed by atoms with Crippen molar-refractivity contribution in [1.82, 2.24) is 10.1 Å². The largest absolute Gasteiger partial charge is 0.504 e. The Bertz CT molecular complexity index is 1340. The standard InChI is InChI=1S/C19H16ClN3O9S/c1-19(17(18(28)29)23-13(26)5-14(23)33(19,30)31)7-21-6-11(25)12-4-9(22-32-12)8-2-3-10(24)16(27)15(8)20/h2-4,7,14,17,24,27H,5-6H2,1H3,(H,28,29)/t14-,17+,19+/m1/s1. The van der Waals surface area contributed by atoms with Gasteiger partial charge in [0.25, 0.3) is 0 Å². The summed E-state index contributed by atoms with van der Waals surface area (Å²) in [6, 6.07) is 2.08. The lowest BCUT2D eigenvalue weighted by atomic mass is 9.97. The van der Waals surface area contributed by atoms with Crippen LogP contribution in [-0.2, 0) is 19.4 Å². The van der Waals surface area contributed by atoms with E-state index in [0.29, 0.717) is 0 Å². The molecule has 4 rings (SSSR count). The van der Waals surface area contributed by atoms with E-state index < -0.39 is 61.7 Å². The molecule has 0 aliphatic carbocycles. The van der Waals surface area contributed by atoms with Gasteiger partial charge in [-0.15, -0.1) is 0 Å². The molecule has 3 atom stereocenters. The normalized spacial score (nSPS) is 25.8. The molecule has 0 unspecified atom stereocenters. The molecule has 2 saturated heterocycles. The van der Waals surface area contributed by atoms with Crippen LogP contribution in [0.3, 0.4) is 0 Å². The molecule has 1 aromatic carbocycles. The number of carbonyl (C=O) groups excluding carboxylic acids is 2. The summed E-state index contributed by atoms with van der Waals surface area (Å²) in [5.41, 5.74) is 0.267. The van der Waals surface area contributed by atoms with Gasteiger partial charge in [0, 0.05) is 17.8 Å². The number of aliphatic imine (C=N–C) groups is 1. The van der Waals surface area contributed by atoms with Gasteiger partial charge >= 0.3 is 5.97 Å². The van der Waals surface area contributed by atoms with Crippen molar-refractivity contribution in [3.05, 3.63) is 29.0 Å². The highest BCUT2D eigenvalue weighted by molar-refractivity contribution is 7.94. The van der Waals surface area contributed by atoms with Gasteiger partial charge in [-0.05, 0) is 19.1 Å². The summed E-state index contributed by atoms with van der Waals surface area (Å²) in [4.78, 5) is 40.6. The first kappa shape index (κ1) is 22.7. The van der Waals surface area contributed by atoms with Crippen LogP contribution in [0.5, 0.6) is 11.5 Å². The highest BCUT2D eigenvalue weighted by Gasteiger charge is 2.69. The molecule has 2 aliphatic rings. The minimum absolute atomic E-state index is 0.0850. The van der Waals surface area contributed by atoms with E-state index in [1.54, 1.807) is 0 Å². The Balaban J connectivity index is 1.55. The molecule has 2 fully saturated rings. The number of hydrogen-bond acceptors (Lipinski definition) is 10. The van der Waals surface area contributed by atoms with Gasteiger partial charge in [-0.2, -0.15) is 0 Å². The summed E-state index contributed by atoms with van der Waals surface area (Å²) in [6.45, 7) is 0.561. The smallest absolute Gasteiger partial charge is 0.328 e. The second-order valence-corrected chi connectivity index (χ2v) is 10.6. The third-order valence-electron chi connectivity index (χ3n) is 5.71. The maximum atomic E-state index is 12.8. The Morgan fingerprint density at radius 2 is 2.09 bits per heavy atom. The minimum Gasteiger partial charge on any atom is -0.504 e. The molecule has 2 aromatic rings. The van der Waals surface area contributed by atoms with Crippen molar-refractivity contribution in [2.75, 3.05) is 6.54 Å². The first-order valence-electron chi connectivity index (χ1n) is 9.39. The Hall–Kier alpha value is -3.45. The fourth-order valence-electron chi connectivity index (χ4n) is 3.88. The summed E-state index contributed by atoms with van der Waals surface area (Å²) in [5, 5.41) is 31.0. The van der Waals surface area contributed by atoms with Crippen molar-refractivity contribution in [3.8, 4) is 22.8 Å². The average Bonchev–Trinajstić information content (AvgIpc) is 3.27. The van der Waals surface area contributed by atoms with Crippen LogP contribution in [0, 0.1) is 0 Å². The molecule has 1 aromatic heterocycles. The number of Topliss-reactive ketones (excluding diaryl/α,β-unsaturated/α-hetero) is 1. The Morgan fingerprint density at radius 1 is 1.39 bits per heavy atom. The van der Waals surface area contributed by atoms with Gasteiger partial charge in [-0.1, -0.05) is 16.8 Å². The summed E-state index contributed by atoms with van der Waals surface area (Å²) in [5.74, 6) is -4.05. The van der Waals surface area contributed by atoms with Crippen LogP contribution in [0.1, 0.15) is 23.9 Å². The molecule has 3 heterocycles. The van der Waals surface area contributed by atoms with Crippen molar-refractivity contribution in [2.45, 2.75) is 29.5 Å². The Morgan fingerprint density at radius 3 is 2.73 bits per heavy atom. The molecule has 1 amide bonds. The number of aromatic nitrogens is 1. The quantitative estimate of drug-likeness (QED) is 0.223. The van der Waals surface area contributed by atoms with Crippen molar-refractivity contribution in [2.24, 2.45) is 4.99 Å². The molecule has 3 N–H and O–H groups in total. The number of rotatable bonds is 6. The molecule has 174 valence electrons. The number of carboxylic acids is 1. The average molecular weight is 498 g/mol. The van der Waals surface area contributed by atoms with Gasteiger partial charge in [0.2, 0.25) is 17.5 Å². The van der Waals surface area contributed by atoms with Crippen LogP contribution in [0.2, 0.25) is 5.02 Å². The number of sulfone groups is 1. The van der Waals surface area contributed by atoms with Crippen molar-refractivity contribution >= 4 is 45.3 Å². The Kier molecular flexibility index (Phi) is 5.21. The van der Waals surface area contributed by atoms with Crippen LogP contribution in [0.15, 0.2) is 27.7 Å². The maximum absolute atomic E-state index is 12.8. The number of carboxylic acid groups (broad SMARTS) is 1. The van der Waals surface area contributed by atoms with E-state index in [1.165, 1.54) is 18.2 Å². The predicted molar refractivity (Wildman–Crippen MR) is 112 cm³/mol. The van der Waals surface area contributed by atoms with Gasteiger partial charge in [0.1, 0.15) is 22.4 Å². The highest BCUT2D eigenvalue weighted by Crippen LogP contribution is 2.45. The Labute approximate surface area is 191 Å². The number of amides is 1. The minimum atomic E-state index is -4.09. The second kappa shape index (κ2) is 7.56. The van der Waals surface area contributed by atoms with Crippen molar-refractivity contribution in [1.29, 1.82) is 0 Å². The first-order chi connectivity index (χ1) is 15.4. The number of aliphatic carboxylic acids is 1. The zero-order valence-corrected chi connectivity index (χ0v) is 18.4. The number of carbonyl (C=O) groups is 3. The third-order valence-corrected chi connectivity index (χ3v) is 8.76. The van der Waals surface area contributed by atoms with Gasteiger partial charge < -0.3 is 24.7 Å².